The van der Waals surface area contributed by atoms with E-state index in [4.69, 9.17) is 5.73 Å². The summed E-state index contributed by atoms with van der Waals surface area (Å²) in [5, 5.41) is 1.39. The highest BCUT2D eigenvalue weighted by Crippen LogP contribution is 2.23. The van der Waals surface area contributed by atoms with Crippen LogP contribution >= 0.6 is 0 Å². The maximum absolute atomic E-state index is 10.8. The minimum absolute atomic E-state index is 0.257. The van der Waals surface area contributed by atoms with Gasteiger partial charge in [0, 0.05) is 11.1 Å². The Kier molecular flexibility index (Phi) is 2.13. The first-order valence-electron chi connectivity index (χ1n) is 4.22. The smallest absolute Gasteiger partial charge is 0.124 e. The van der Waals surface area contributed by atoms with Crippen molar-refractivity contribution in [2.75, 3.05) is 5.73 Å². The molecule has 2 aromatic carbocycles. The van der Waals surface area contributed by atoms with Crippen LogP contribution in [-0.2, 0) is 10.1 Å². The Morgan fingerprint density at radius 3 is 2.53 bits per heavy atom. The molecule has 2 N–H and O–H groups in total. The lowest BCUT2D eigenvalue weighted by Gasteiger charge is -2.08. The highest BCUT2D eigenvalue weighted by atomic mass is 32.2. The molecule has 4 nitrogen and oxygen atoms in total. The van der Waals surface area contributed by atoms with Crippen LogP contribution in [-0.4, -0.2) is 13.0 Å². The lowest BCUT2D eigenvalue weighted by Crippen LogP contribution is -1.98. The average Bonchev–Trinajstić information content (AvgIpc) is 2.16. The zero-order valence-electron chi connectivity index (χ0n) is 7.67. The van der Waals surface area contributed by atoms with Crippen molar-refractivity contribution < 1.29 is 13.0 Å². The van der Waals surface area contributed by atoms with Gasteiger partial charge in [0.1, 0.15) is 10.1 Å². The van der Waals surface area contributed by atoms with Crippen LogP contribution in [0.15, 0.2) is 41.3 Å². The molecule has 0 aromatic heterocycles. The first kappa shape index (κ1) is 9.95. The zero-order chi connectivity index (χ0) is 11.1. The van der Waals surface area contributed by atoms with Crippen molar-refractivity contribution in [3.63, 3.8) is 0 Å². The van der Waals surface area contributed by atoms with Crippen LogP contribution in [0.3, 0.4) is 0 Å². The SMILES string of the molecule is Nc1cccc2ccc(S(=O)(=O)[O-])cc12. The molecule has 0 fully saturated rings. The third kappa shape index (κ3) is 1.79. The van der Waals surface area contributed by atoms with Gasteiger partial charge in [0.05, 0.1) is 4.90 Å². The minimum Gasteiger partial charge on any atom is -0.744 e. The number of rotatable bonds is 1. The van der Waals surface area contributed by atoms with Crippen LogP contribution in [0.4, 0.5) is 5.69 Å². The second-order valence-electron chi connectivity index (χ2n) is 3.18. The van der Waals surface area contributed by atoms with Crippen LogP contribution in [0.1, 0.15) is 0 Å². The molecule has 2 aromatic rings. The molecule has 0 unspecified atom stereocenters. The molecule has 15 heavy (non-hydrogen) atoms. The Morgan fingerprint density at radius 2 is 1.87 bits per heavy atom. The van der Waals surface area contributed by atoms with Gasteiger partial charge < -0.3 is 10.3 Å². The molecule has 0 spiro atoms. The van der Waals surface area contributed by atoms with E-state index in [9.17, 15) is 13.0 Å². The first-order valence-corrected chi connectivity index (χ1v) is 5.63. The van der Waals surface area contributed by atoms with E-state index in [0.717, 1.165) is 5.39 Å². The Morgan fingerprint density at radius 1 is 1.13 bits per heavy atom. The van der Waals surface area contributed by atoms with Crippen LogP contribution in [0, 0.1) is 0 Å². The summed E-state index contributed by atoms with van der Waals surface area (Å²) < 4.78 is 32.4. The summed E-state index contributed by atoms with van der Waals surface area (Å²) in [4.78, 5) is -0.257. The Balaban J connectivity index is 2.81. The van der Waals surface area contributed by atoms with Crippen LogP contribution in [0.5, 0.6) is 0 Å². The Labute approximate surface area is 87.1 Å². The van der Waals surface area contributed by atoms with Crippen molar-refractivity contribution in [1.82, 2.24) is 0 Å². The number of benzene rings is 2. The highest BCUT2D eigenvalue weighted by molar-refractivity contribution is 7.85. The van der Waals surface area contributed by atoms with Crippen molar-refractivity contribution in [2.45, 2.75) is 4.90 Å². The minimum atomic E-state index is -4.42. The van der Waals surface area contributed by atoms with E-state index in [1.807, 2.05) is 0 Å². The highest BCUT2D eigenvalue weighted by Gasteiger charge is 2.03. The molecule has 0 aliphatic heterocycles. The lowest BCUT2D eigenvalue weighted by molar-refractivity contribution is 0.463. The molecular formula is C10H8NO3S-. The summed E-state index contributed by atoms with van der Waals surface area (Å²) in [6, 6.07) is 9.37. The predicted octanol–water partition coefficient (Wildman–Crippen LogP) is 1.33. The van der Waals surface area contributed by atoms with E-state index in [1.165, 1.54) is 12.1 Å². The number of nitrogens with two attached hydrogens (primary N) is 1. The lowest BCUT2D eigenvalue weighted by atomic mass is 10.1. The van der Waals surface area contributed by atoms with Crippen molar-refractivity contribution in [1.29, 1.82) is 0 Å². The number of nitrogen functional groups attached to an aromatic ring is 1. The third-order valence-electron chi connectivity index (χ3n) is 2.18. The molecule has 0 amide bonds. The van der Waals surface area contributed by atoms with Gasteiger partial charge in [-0.3, -0.25) is 0 Å². The van der Waals surface area contributed by atoms with Gasteiger partial charge in [-0.1, -0.05) is 18.2 Å². The second kappa shape index (κ2) is 3.22. The number of hydrogen-bond acceptors (Lipinski definition) is 4. The molecule has 0 aliphatic carbocycles. The maximum atomic E-state index is 10.8. The largest absolute Gasteiger partial charge is 0.744 e. The quantitative estimate of drug-likeness (QED) is 0.582. The average molecular weight is 222 g/mol. The summed E-state index contributed by atoms with van der Waals surface area (Å²) in [7, 11) is -4.42. The molecule has 0 bridgehead atoms. The number of fused-ring (bicyclic) bond motifs is 1. The van der Waals surface area contributed by atoms with E-state index >= 15 is 0 Å². The fraction of sp³-hybridized carbons (Fsp3) is 0. The van der Waals surface area contributed by atoms with Crippen molar-refractivity contribution >= 4 is 26.6 Å². The van der Waals surface area contributed by atoms with Crippen LogP contribution in [0.25, 0.3) is 10.8 Å². The molecule has 0 atom stereocenters. The van der Waals surface area contributed by atoms with Crippen molar-refractivity contribution in [3.05, 3.63) is 36.4 Å². The summed E-state index contributed by atoms with van der Waals surface area (Å²) in [6.07, 6.45) is 0. The van der Waals surface area contributed by atoms with Gasteiger partial charge in [0.25, 0.3) is 0 Å². The molecule has 2 rings (SSSR count). The summed E-state index contributed by atoms with van der Waals surface area (Å²) in [5.41, 5.74) is 6.13. The normalized spacial score (nSPS) is 11.8. The van der Waals surface area contributed by atoms with Gasteiger partial charge in [-0.2, -0.15) is 0 Å². The maximum Gasteiger partial charge on any atom is 0.124 e. The van der Waals surface area contributed by atoms with E-state index < -0.39 is 10.1 Å². The number of hydrogen-bond donors (Lipinski definition) is 1. The standard InChI is InChI=1S/C10H9NO3S/c11-10-3-1-2-7-4-5-8(6-9(7)10)15(12,13)14/h1-6H,11H2,(H,12,13,14)/p-1. The topological polar surface area (TPSA) is 83.2 Å². The van der Waals surface area contributed by atoms with E-state index in [-0.39, 0.29) is 4.90 Å². The predicted molar refractivity (Wildman–Crippen MR) is 56.3 cm³/mol. The van der Waals surface area contributed by atoms with E-state index in [2.05, 4.69) is 0 Å². The van der Waals surface area contributed by atoms with Crippen LogP contribution in [0.2, 0.25) is 0 Å². The summed E-state index contributed by atoms with van der Waals surface area (Å²) in [5.74, 6) is 0. The van der Waals surface area contributed by atoms with Gasteiger partial charge in [-0.05, 0) is 23.6 Å². The van der Waals surface area contributed by atoms with E-state index in [0.29, 0.717) is 11.1 Å². The van der Waals surface area contributed by atoms with Gasteiger partial charge in [-0.25, -0.2) is 8.42 Å². The molecule has 0 radical (unpaired) electrons. The molecule has 0 saturated carbocycles. The van der Waals surface area contributed by atoms with Gasteiger partial charge >= 0.3 is 0 Å². The number of anilines is 1. The molecule has 0 heterocycles. The molecular weight excluding hydrogens is 214 g/mol. The molecule has 5 heteroatoms. The van der Waals surface area contributed by atoms with Gasteiger partial charge in [-0.15, -0.1) is 0 Å². The Hall–Kier alpha value is -1.59. The fourth-order valence-corrected chi connectivity index (χ4v) is 1.93. The first-order chi connectivity index (χ1) is 6.98. The van der Waals surface area contributed by atoms with Crippen molar-refractivity contribution in [2.24, 2.45) is 0 Å². The summed E-state index contributed by atoms with van der Waals surface area (Å²) >= 11 is 0. The Bertz CT molecular complexity index is 620. The van der Waals surface area contributed by atoms with Crippen molar-refractivity contribution in [3.8, 4) is 0 Å². The summed E-state index contributed by atoms with van der Waals surface area (Å²) in [6.45, 7) is 0. The molecule has 0 aliphatic rings. The fourth-order valence-electron chi connectivity index (χ4n) is 1.43. The van der Waals surface area contributed by atoms with Gasteiger partial charge in [0.2, 0.25) is 0 Å². The van der Waals surface area contributed by atoms with E-state index in [1.54, 1.807) is 24.3 Å². The van der Waals surface area contributed by atoms with Crippen LogP contribution < -0.4 is 5.73 Å². The second-order valence-corrected chi connectivity index (χ2v) is 4.56. The molecule has 78 valence electrons. The zero-order valence-corrected chi connectivity index (χ0v) is 8.49. The molecule has 0 saturated heterocycles. The monoisotopic (exact) mass is 222 g/mol. The van der Waals surface area contributed by atoms with Gasteiger partial charge in [0.15, 0.2) is 0 Å². The third-order valence-corrected chi connectivity index (χ3v) is 3.01.